The lowest BCUT2D eigenvalue weighted by Gasteiger charge is -2.22. The van der Waals surface area contributed by atoms with Crippen molar-refractivity contribution < 1.29 is 105 Å². The summed E-state index contributed by atoms with van der Waals surface area (Å²) in [7, 11) is -16.0. The summed E-state index contributed by atoms with van der Waals surface area (Å²) in [6, 6.07) is 0.243. The number of hydrogen-bond donors (Lipinski definition) is 9. The van der Waals surface area contributed by atoms with Gasteiger partial charge in [-0.3, -0.25) is 18.1 Å². The van der Waals surface area contributed by atoms with Gasteiger partial charge < -0.3 is 132 Å². The fraction of sp³-hybridized carbons (Fsp3) is 0.718. The Hall–Kier alpha value is -4.15. The molecule has 42 nitrogen and oxygen atoms in total. The van der Waals surface area contributed by atoms with E-state index in [0.717, 1.165) is 0 Å². The second-order valence-electron chi connectivity index (χ2n) is 24.9. The molecule has 0 aliphatic carbocycles. The van der Waals surface area contributed by atoms with E-state index in [0.29, 0.717) is 114 Å². The van der Waals surface area contributed by atoms with Gasteiger partial charge in [0.05, 0.1) is 97.9 Å². The number of halogens is 9. The Kier molecular flexibility index (Phi) is 81.4. The number of rotatable bonds is 40. The molecule has 1 atom stereocenters. The van der Waals surface area contributed by atoms with Gasteiger partial charge in [-0.25, -0.2) is 19.9 Å². The van der Waals surface area contributed by atoms with E-state index >= 15 is 0 Å². The molecule has 1 aliphatic rings. The predicted octanol–water partition coefficient (Wildman–Crippen LogP) is 16.4. The molecule has 1 fully saturated rings. The molecule has 0 spiro atoms. The van der Waals surface area contributed by atoms with Crippen LogP contribution in [0.15, 0.2) is 25.3 Å². The first-order valence-electron chi connectivity index (χ1n) is 37.5. The second-order valence-corrected chi connectivity index (χ2v) is 34.6. The van der Waals surface area contributed by atoms with Crippen LogP contribution in [0.2, 0.25) is 20.6 Å². The number of aromatic nitrogens is 16. The minimum atomic E-state index is -4.40. The summed E-state index contributed by atoms with van der Waals surface area (Å²) in [5.41, 5.74) is 25.6. The Balaban J connectivity index is -0.000000262. The zero-order chi connectivity index (χ0) is 91.6. The van der Waals surface area contributed by atoms with Gasteiger partial charge >= 0.3 is 22.8 Å². The van der Waals surface area contributed by atoms with Crippen molar-refractivity contribution in [1.82, 2.24) is 83.4 Å². The number of unbranched alkanes of at least 4 members (excludes halogenated alkanes) is 3. The maximum Gasteiger partial charge on any atom is 0.356 e. The number of nitrogens with two attached hydrogens (primary N) is 4. The van der Waals surface area contributed by atoms with Crippen LogP contribution in [0.25, 0.3) is 44.7 Å². The highest BCUT2D eigenvalue weighted by atomic mass is 35.5. The number of aromatic amines is 1. The Morgan fingerprint density at radius 3 is 1.08 bits per heavy atom. The number of aliphatic hydroxyl groups excluding tert-OH is 1. The average Bonchev–Trinajstić information content (AvgIpc) is 1.68. The first-order chi connectivity index (χ1) is 57.2. The van der Waals surface area contributed by atoms with Crippen molar-refractivity contribution in [3.63, 3.8) is 0 Å². The van der Waals surface area contributed by atoms with Crippen LogP contribution in [0.3, 0.4) is 0 Å². The van der Waals surface area contributed by atoms with E-state index in [2.05, 4.69) is 109 Å². The van der Waals surface area contributed by atoms with E-state index < -0.39 is 50.2 Å². The van der Waals surface area contributed by atoms with Crippen molar-refractivity contribution in [3.8, 4) is 0 Å². The monoisotopic (exact) mass is 2050 g/mol. The molecule has 8 aromatic heterocycles. The van der Waals surface area contributed by atoms with Gasteiger partial charge in [0.25, 0.3) is 0 Å². The van der Waals surface area contributed by atoms with Crippen molar-refractivity contribution in [1.29, 1.82) is 0 Å². The topological polar surface area (TPSA) is 576 Å². The highest BCUT2D eigenvalue weighted by molar-refractivity contribution is 7.54. The molecule has 55 heteroatoms. The molecule has 13 N–H and O–H groups in total. The zero-order valence-electron chi connectivity index (χ0n) is 69.7. The summed E-state index contributed by atoms with van der Waals surface area (Å²) in [6.45, 7) is 28.7. The normalized spacial score (nSPS) is 12.1. The number of fused-ring (bicyclic) bond motifs is 4. The number of anilines is 4. The summed E-state index contributed by atoms with van der Waals surface area (Å²) in [6.07, 6.45) is 11.8. The van der Waals surface area contributed by atoms with Crippen molar-refractivity contribution in [3.05, 3.63) is 45.9 Å². The van der Waals surface area contributed by atoms with Gasteiger partial charge in [0.15, 0.2) is 71.2 Å². The van der Waals surface area contributed by atoms with Crippen molar-refractivity contribution >= 4 is 192 Å². The molecule has 9 heterocycles. The van der Waals surface area contributed by atoms with Crippen LogP contribution in [0.1, 0.15) is 161 Å². The van der Waals surface area contributed by atoms with E-state index in [1.54, 1.807) is 75.4 Å². The Morgan fingerprint density at radius 1 is 0.500 bits per heavy atom. The number of ether oxygens (including phenoxy) is 8. The van der Waals surface area contributed by atoms with Crippen LogP contribution in [0.5, 0.6) is 0 Å². The van der Waals surface area contributed by atoms with Gasteiger partial charge in [0.1, 0.15) is 53.5 Å². The quantitative estimate of drug-likeness (QED) is 0.00745. The third-order valence-electron chi connectivity index (χ3n) is 13.1. The average molecular weight is 2050 g/mol. The number of aliphatic hydroxyl groups is 1. The summed E-state index contributed by atoms with van der Waals surface area (Å²) in [5, 5.41) is 8.53. The molecule has 1 saturated heterocycles. The van der Waals surface area contributed by atoms with E-state index in [1.807, 2.05) is 0 Å². The van der Waals surface area contributed by atoms with Gasteiger partial charge in [0.2, 0.25) is 23.8 Å². The molecule has 738 valence electrons. The van der Waals surface area contributed by atoms with E-state index in [4.69, 9.17) is 174 Å². The molecule has 0 bridgehead atoms. The highest BCUT2D eigenvalue weighted by Gasteiger charge is 2.30. The molecule has 0 amide bonds. The minimum absolute atomic E-state index is 0. The Morgan fingerprint density at radius 2 is 0.802 bits per heavy atom. The van der Waals surface area contributed by atoms with Crippen LogP contribution < -0.4 is 27.8 Å². The van der Waals surface area contributed by atoms with Crippen LogP contribution in [0, 0.1) is 0 Å². The summed E-state index contributed by atoms with van der Waals surface area (Å²) >= 11 is 44.1. The molecule has 0 aromatic carbocycles. The lowest BCUT2D eigenvalue weighted by molar-refractivity contribution is -0.247. The Labute approximate surface area is 782 Å². The largest absolute Gasteiger partial charge is 0.777 e. The SMILES string of the molecule is C.C.C.C.C.C.C1OCOCO1.CC(C)OP(=O)(COCCCl)OC(C)C.CC(C)OP(=O)(COCCn1cnc2c(Cl)nc(N)nc21)OC(C)C.CCCCN(CCCC)CCCC.ClCCOCCl.Nc1nc(Cl)c2[nH]cnc2n1.Nc1nc(Cl)c2ncn(CCOCP(=O)(O)O)c2n1.Nc1nc(Cl)c2ncn(CCOCP(=O)([O-])O)c2n1.OCCCl.[2H]CF. The number of nitrogen functional groups attached to an aromatic ring is 4. The summed E-state index contributed by atoms with van der Waals surface area (Å²) in [5.74, 6) is 1.47. The zero-order valence-corrected chi connectivity index (χ0v) is 78.3. The fourth-order valence-electron chi connectivity index (χ4n) is 8.67. The predicted molar refractivity (Wildman–Crippen MR) is 503 cm³/mol. The fourth-order valence-corrected chi connectivity index (χ4v) is 14.2. The number of imidazole rings is 4. The van der Waals surface area contributed by atoms with E-state index in [-0.39, 0.29) is 160 Å². The van der Waals surface area contributed by atoms with Gasteiger partial charge in [-0.2, -0.15) is 39.9 Å². The summed E-state index contributed by atoms with van der Waals surface area (Å²) < 4.78 is 126. The van der Waals surface area contributed by atoms with Crippen molar-refractivity contribution in [2.45, 2.75) is 203 Å². The number of H-pyrrole nitrogens is 1. The number of nitrogens with zero attached hydrogens (tertiary/aromatic N) is 16. The standard InChI is InChI=1S/C14H23ClN5O4P.C12H27N.C9H20ClO4P.2C8H11ClN5O4P.C5H4ClN5.C3H6Cl2O.C3H6O3.C2H5ClO.CH3F.6CH4/c1-9(2)23-25(21,24-10(3)4)8-22-6-5-20-7-17-11-12(15)18-14(16)19-13(11)20;1-4-7-10-13(11-8-5-2)12-9-6-3;1-8(2)13-15(11,14-9(3)4)7-12-6-5-10;2*9-6-5-7(13-8(10)12-6)14(3-11-5)1-2-18-4-19(15,16)17;6-3-2-4(9-1-8-2)11-5(7)10-3;4-1-2-6-3-5;1-4-2-6-3-5-1;3-1-2-4;1-2;;;;;;/h7,9-10H,5-6,8H2,1-4H3,(H2,16,18,19);4-12H2,1-3H3;8-9H,5-7H2,1-4H3;2*3H,1-2,4H2,(H2,10,12,13)(H2,15,16,17);1H,(H3,7,8,9,10,11);2*1-3H2;4H,1-2H2;1H3;6*1H4/p-1/i;;;;;;;;;1D;;;;;;. The van der Waals surface area contributed by atoms with Crippen molar-refractivity contribution in [2.75, 3.05) is 159 Å². The molecular formula is C71H139Cl8FN21O21P4-. The molecule has 126 heavy (non-hydrogen) atoms. The smallest absolute Gasteiger partial charge is 0.356 e. The third-order valence-corrected chi connectivity index (χ3v) is 19.8. The molecule has 1 aliphatic heterocycles. The van der Waals surface area contributed by atoms with Crippen molar-refractivity contribution in [2.24, 2.45) is 0 Å². The van der Waals surface area contributed by atoms with Crippen LogP contribution in [-0.2, 0) is 93.9 Å². The summed E-state index contributed by atoms with van der Waals surface area (Å²) in [4.78, 5) is 88.8. The lowest BCUT2D eigenvalue weighted by atomic mass is 10.2. The third kappa shape index (κ3) is 62.3. The molecule has 0 saturated carbocycles. The number of hydrogen-bond acceptors (Lipinski definition) is 35. The number of alkyl halides is 5. The maximum absolute atomic E-state index is 12.7. The van der Waals surface area contributed by atoms with Gasteiger partial charge in [0, 0.05) is 37.3 Å². The van der Waals surface area contributed by atoms with Gasteiger partial charge in [-0.1, -0.05) is 143 Å². The second kappa shape index (κ2) is 77.3. The van der Waals surface area contributed by atoms with Crippen LogP contribution in [-0.4, -0.2) is 264 Å². The van der Waals surface area contributed by atoms with E-state index in [1.165, 1.54) is 77.1 Å². The Bertz CT molecular complexity index is 4080. The number of nitrogens with one attached hydrogen (secondary N) is 1. The molecule has 8 aromatic rings. The molecule has 9 rings (SSSR count). The minimum Gasteiger partial charge on any atom is -0.777 e. The van der Waals surface area contributed by atoms with Gasteiger partial charge in [-0.15, -0.1) is 34.8 Å². The molecular weight excluding hydrogens is 1910 g/mol. The first kappa shape index (κ1) is 133. The van der Waals surface area contributed by atoms with Crippen LogP contribution in [0.4, 0.5) is 28.2 Å². The van der Waals surface area contributed by atoms with Gasteiger partial charge in [-0.05, 0) is 94.3 Å². The van der Waals surface area contributed by atoms with E-state index in [9.17, 15) is 27.5 Å². The first-order valence-corrected chi connectivity index (χ1v) is 47.4. The molecule has 1 unspecified atom stereocenters. The highest BCUT2D eigenvalue weighted by Crippen LogP contribution is 2.51. The maximum atomic E-state index is 12.7. The molecule has 0 radical (unpaired) electrons. The lowest BCUT2D eigenvalue weighted by Crippen LogP contribution is -2.27. The van der Waals surface area contributed by atoms with Crippen LogP contribution >= 0.6 is 123 Å².